The quantitative estimate of drug-likeness (QED) is 0.436. The first kappa shape index (κ1) is 22.2. The molecule has 1 aliphatic heterocycles. The lowest BCUT2D eigenvalue weighted by molar-refractivity contribution is -0.139. The van der Waals surface area contributed by atoms with Gasteiger partial charge in [0.25, 0.3) is 0 Å². The molecule has 9 nitrogen and oxygen atoms in total. The van der Waals surface area contributed by atoms with Crippen molar-refractivity contribution in [2.45, 2.75) is 18.3 Å². The van der Waals surface area contributed by atoms with Crippen LogP contribution in [0.3, 0.4) is 0 Å². The highest BCUT2D eigenvalue weighted by Crippen LogP contribution is 2.41. The highest BCUT2D eigenvalue weighted by molar-refractivity contribution is 9.10. The van der Waals surface area contributed by atoms with Crippen molar-refractivity contribution in [3.63, 3.8) is 0 Å². The Balaban J connectivity index is 1.76. The largest absolute Gasteiger partial charge is 0.490 e. The van der Waals surface area contributed by atoms with Crippen LogP contribution < -0.4 is 19.5 Å². The third-order valence-electron chi connectivity index (χ3n) is 4.49. The number of fused-ring (bicyclic) bond motifs is 3. The fourth-order valence-electron chi connectivity index (χ4n) is 3.12. The lowest BCUT2D eigenvalue weighted by Crippen LogP contribution is -2.17. The average Bonchev–Trinajstić information content (AvgIpc) is 2.94. The van der Waals surface area contributed by atoms with Gasteiger partial charge in [-0.05, 0) is 49.6 Å². The molecule has 166 valence electrons. The summed E-state index contributed by atoms with van der Waals surface area (Å²) in [5, 5.41) is 21.3. The molecule has 0 unspecified atom stereocenters. The van der Waals surface area contributed by atoms with Crippen molar-refractivity contribution in [2.24, 2.45) is 0 Å². The molecule has 2 heterocycles. The van der Waals surface area contributed by atoms with E-state index in [0.29, 0.717) is 34.8 Å². The van der Waals surface area contributed by atoms with Gasteiger partial charge in [0.15, 0.2) is 30.0 Å². The zero-order valence-electron chi connectivity index (χ0n) is 17.2. The summed E-state index contributed by atoms with van der Waals surface area (Å²) >= 11 is 4.87. The van der Waals surface area contributed by atoms with E-state index < -0.39 is 18.8 Å². The van der Waals surface area contributed by atoms with Crippen LogP contribution in [0.1, 0.15) is 18.7 Å². The summed E-state index contributed by atoms with van der Waals surface area (Å²) in [7, 11) is 0. The minimum absolute atomic E-state index is 0.338. The van der Waals surface area contributed by atoms with Crippen molar-refractivity contribution in [2.75, 3.05) is 24.8 Å². The lowest BCUT2D eigenvalue weighted by atomic mass is 10.1. The molecule has 4 rings (SSSR count). The van der Waals surface area contributed by atoms with E-state index in [1.165, 1.54) is 11.8 Å². The predicted octanol–water partition coefficient (Wildman–Crippen LogP) is 4.39. The fourth-order valence-corrected chi connectivity index (χ4v) is 3.78. The van der Waals surface area contributed by atoms with Crippen molar-refractivity contribution in [3.05, 3.63) is 46.4 Å². The highest BCUT2D eigenvalue weighted by Gasteiger charge is 2.27. The molecular formula is C21H19BrN4O5S. The smallest absolute Gasteiger partial charge is 0.341 e. The Morgan fingerprint density at radius 3 is 2.81 bits per heavy atom. The number of hydrogen-bond acceptors (Lipinski definition) is 9. The Morgan fingerprint density at radius 1 is 1.22 bits per heavy atom. The number of rotatable bonds is 7. The second-order valence-corrected chi connectivity index (χ2v) is 8.30. The van der Waals surface area contributed by atoms with Crippen molar-refractivity contribution in [3.8, 4) is 28.6 Å². The Morgan fingerprint density at radius 2 is 2.06 bits per heavy atom. The molecule has 0 fully saturated rings. The molecule has 1 aromatic heterocycles. The van der Waals surface area contributed by atoms with Gasteiger partial charge in [-0.3, -0.25) is 0 Å². The van der Waals surface area contributed by atoms with Gasteiger partial charge in [0.2, 0.25) is 11.0 Å². The Labute approximate surface area is 196 Å². The van der Waals surface area contributed by atoms with Crippen molar-refractivity contribution < 1.29 is 24.1 Å². The number of nitrogens with one attached hydrogen (secondary N) is 1. The summed E-state index contributed by atoms with van der Waals surface area (Å²) in [5.41, 5.74) is 2.87. The Hall–Kier alpha value is -3.05. The maximum atomic E-state index is 10.9. The number of aliphatic carboxylic acids is 1. The Bertz CT molecular complexity index is 1160. The normalized spacial score (nSPS) is 14.3. The zero-order chi connectivity index (χ0) is 22.7. The van der Waals surface area contributed by atoms with E-state index in [4.69, 9.17) is 19.3 Å². The molecule has 3 aromatic rings. The number of carbonyl (C=O) groups is 1. The molecule has 0 spiro atoms. The number of nitrogens with zero attached hydrogens (tertiary/aromatic N) is 3. The fraction of sp³-hybridized carbons (Fsp3) is 0.238. The minimum atomic E-state index is -1.07. The maximum Gasteiger partial charge on any atom is 0.341 e. The number of carboxylic acids is 1. The summed E-state index contributed by atoms with van der Waals surface area (Å²) in [4.78, 5) is 15.4. The van der Waals surface area contributed by atoms with E-state index >= 15 is 0 Å². The number of aromatic nitrogens is 3. The van der Waals surface area contributed by atoms with Crippen LogP contribution in [0.4, 0.5) is 5.69 Å². The van der Waals surface area contributed by atoms with E-state index in [2.05, 4.69) is 36.4 Å². The second-order valence-electron chi connectivity index (χ2n) is 6.61. The number of benzene rings is 2. The van der Waals surface area contributed by atoms with Crippen LogP contribution in [0.15, 0.2) is 46.0 Å². The van der Waals surface area contributed by atoms with Gasteiger partial charge in [0.1, 0.15) is 0 Å². The van der Waals surface area contributed by atoms with Crippen molar-refractivity contribution in [1.82, 2.24) is 15.2 Å². The highest BCUT2D eigenvalue weighted by atomic mass is 79.9. The first-order valence-corrected chi connectivity index (χ1v) is 11.6. The van der Waals surface area contributed by atoms with Crippen molar-refractivity contribution >= 4 is 39.3 Å². The Kier molecular flexibility index (Phi) is 6.66. The molecule has 0 aliphatic carbocycles. The molecule has 0 amide bonds. The third kappa shape index (κ3) is 4.73. The molecule has 32 heavy (non-hydrogen) atoms. The van der Waals surface area contributed by atoms with Gasteiger partial charge >= 0.3 is 5.97 Å². The standard InChI is InChI=1S/C21H19BrN4O5S/c1-3-29-16-8-11(4-7-15(16)30-10-17(27)28)19-23-14-6-5-12(22)9-13(14)18-20(31-19)24-21(32-2)26-25-18/h4-9,19,23H,3,10H2,1-2H3,(H,27,28)/t19-/m1/s1. The van der Waals surface area contributed by atoms with Crippen molar-refractivity contribution in [1.29, 1.82) is 0 Å². The summed E-state index contributed by atoms with van der Waals surface area (Å²) < 4.78 is 18.1. The number of carboxylic acid groups (broad SMARTS) is 1. The van der Waals surface area contributed by atoms with Crippen LogP contribution in [0.25, 0.3) is 11.3 Å². The first-order valence-electron chi connectivity index (χ1n) is 9.61. The molecule has 0 radical (unpaired) electrons. The SMILES string of the molecule is CCOc1cc([C@@H]2Nc3ccc(Br)cc3-c3nnc(SC)nc3O2)ccc1OCC(=O)O. The van der Waals surface area contributed by atoms with E-state index in [0.717, 1.165) is 21.3 Å². The van der Waals surface area contributed by atoms with Gasteiger partial charge < -0.3 is 24.6 Å². The van der Waals surface area contributed by atoms with Crippen LogP contribution >= 0.6 is 27.7 Å². The molecule has 0 saturated heterocycles. The van der Waals surface area contributed by atoms with E-state index in [1.54, 1.807) is 18.2 Å². The van der Waals surface area contributed by atoms with Crippen LogP contribution in [-0.2, 0) is 4.79 Å². The van der Waals surface area contributed by atoms with Gasteiger partial charge in [-0.25, -0.2) is 4.79 Å². The van der Waals surface area contributed by atoms with Crippen LogP contribution in [-0.4, -0.2) is 45.7 Å². The van der Waals surface area contributed by atoms with Gasteiger partial charge in [-0.1, -0.05) is 27.7 Å². The summed E-state index contributed by atoms with van der Waals surface area (Å²) in [6, 6.07) is 11.0. The monoisotopic (exact) mass is 518 g/mol. The molecular weight excluding hydrogens is 500 g/mol. The van der Waals surface area contributed by atoms with Gasteiger partial charge in [0.05, 0.1) is 6.61 Å². The summed E-state index contributed by atoms with van der Waals surface area (Å²) in [5.74, 6) is 0.0390. The average molecular weight is 519 g/mol. The molecule has 0 saturated carbocycles. The molecule has 1 aliphatic rings. The van der Waals surface area contributed by atoms with Gasteiger partial charge in [-0.15, -0.1) is 10.2 Å². The molecule has 2 N–H and O–H groups in total. The van der Waals surface area contributed by atoms with Gasteiger partial charge in [0, 0.05) is 21.3 Å². The molecule has 0 bridgehead atoms. The first-order chi connectivity index (χ1) is 15.5. The maximum absolute atomic E-state index is 10.9. The summed E-state index contributed by atoms with van der Waals surface area (Å²) in [6.45, 7) is 1.76. The number of hydrogen-bond donors (Lipinski definition) is 2. The number of anilines is 1. The van der Waals surface area contributed by atoms with E-state index in [1.807, 2.05) is 31.4 Å². The number of halogens is 1. The third-order valence-corrected chi connectivity index (χ3v) is 5.52. The minimum Gasteiger partial charge on any atom is -0.490 e. The zero-order valence-corrected chi connectivity index (χ0v) is 19.6. The van der Waals surface area contributed by atoms with E-state index in [9.17, 15) is 4.79 Å². The number of thioether (sulfide) groups is 1. The lowest BCUT2D eigenvalue weighted by Gasteiger charge is -2.21. The second kappa shape index (κ2) is 9.61. The molecule has 11 heteroatoms. The van der Waals surface area contributed by atoms with E-state index in [-0.39, 0.29) is 0 Å². The summed E-state index contributed by atoms with van der Waals surface area (Å²) in [6.07, 6.45) is 1.25. The van der Waals surface area contributed by atoms with Crippen LogP contribution in [0, 0.1) is 0 Å². The number of ether oxygens (including phenoxy) is 3. The van der Waals surface area contributed by atoms with Crippen LogP contribution in [0.2, 0.25) is 0 Å². The predicted molar refractivity (Wildman–Crippen MR) is 122 cm³/mol. The molecule has 2 aromatic carbocycles. The van der Waals surface area contributed by atoms with Gasteiger partial charge in [-0.2, -0.15) is 4.98 Å². The molecule has 1 atom stereocenters. The van der Waals surface area contributed by atoms with Crippen LogP contribution in [0.5, 0.6) is 17.4 Å². The topological polar surface area (TPSA) is 116 Å².